The number of ether oxygens (including phenoxy) is 3. The smallest absolute Gasteiger partial charge is 0.410 e. The van der Waals surface area contributed by atoms with Crippen LogP contribution >= 0.6 is 11.3 Å². The Morgan fingerprint density at radius 2 is 1.67 bits per heavy atom. The minimum Gasteiger partial charge on any atom is -0.461 e. The molecule has 0 saturated carbocycles. The topological polar surface area (TPSA) is 205 Å². The van der Waals surface area contributed by atoms with Gasteiger partial charge < -0.3 is 43.7 Å². The lowest BCUT2D eigenvalue weighted by atomic mass is 9.91. The molecule has 4 aromatic heterocycles. The van der Waals surface area contributed by atoms with Crippen LogP contribution in [0.1, 0.15) is 134 Å². The van der Waals surface area contributed by atoms with E-state index >= 15 is 8.78 Å². The van der Waals surface area contributed by atoms with Crippen molar-refractivity contribution in [3.63, 3.8) is 0 Å². The lowest BCUT2D eigenvalue weighted by Gasteiger charge is -2.42. The van der Waals surface area contributed by atoms with Gasteiger partial charge in [-0.1, -0.05) is 73.5 Å². The van der Waals surface area contributed by atoms with E-state index < -0.39 is 23.2 Å². The highest BCUT2D eigenvalue weighted by Gasteiger charge is 2.51. The van der Waals surface area contributed by atoms with Gasteiger partial charge in [-0.15, -0.1) is 17.8 Å². The first-order valence-corrected chi connectivity index (χ1v) is 33.4. The van der Waals surface area contributed by atoms with Crippen molar-refractivity contribution in [1.82, 2.24) is 50.0 Å². The zero-order valence-electron chi connectivity index (χ0n) is 54.2. The van der Waals surface area contributed by atoms with E-state index in [0.717, 1.165) is 82.1 Å². The number of halogens is 2. The number of pyridine rings is 1. The molecule has 13 rings (SSSR count). The van der Waals surface area contributed by atoms with Gasteiger partial charge in [0.2, 0.25) is 12.3 Å². The summed E-state index contributed by atoms with van der Waals surface area (Å²) >= 11 is 1.64. The summed E-state index contributed by atoms with van der Waals surface area (Å²) in [6.07, 6.45) is 14.3. The lowest BCUT2D eigenvalue weighted by Crippen LogP contribution is -2.57. The molecule has 7 aromatic rings. The minimum absolute atomic E-state index is 0.00391. The summed E-state index contributed by atoms with van der Waals surface area (Å²) in [5.74, 6) is 2.53. The summed E-state index contributed by atoms with van der Waals surface area (Å²) in [5, 5.41) is 8.48. The number of piperazine rings is 2. The van der Waals surface area contributed by atoms with Gasteiger partial charge in [-0.3, -0.25) is 24.4 Å². The Labute approximate surface area is 545 Å². The number of hydrogen-bond donors (Lipinski definition) is 1. The highest BCUT2D eigenvalue weighted by Crippen LogP contribution is 2.45. The first-order chi connectivity index (χ1) is 44.7. The standard InChI is InChI=1S/C57H68F2N10O7.C13H14N2OS/c1-8-40-43(58)18-15-36-13-9-14-41(47(36)40)49-48(59)50-42(29-60-49)51(66-30-37-16-17-38(31-66)69(37)55(72)75-56(5,6)7)62-53(61-50)74-33-57-20-11-23-68(57)39(19-21-57)32-73-54(71)65-26-24-64(25-27-65)45-28-44(76-63-45)46(34(2)3)52(70)67-22-10-12-35(67)4;1-9(14-7-16)11-3-5-12(6-4-11)13-10(2)15-8-17-13/h1,9,13-15,18,28-29,34-35,37-39,46H,10-12,16-17,19-27,30-33H2,2-7H3;3-9H,1-2H3,(H,14,16). The van der Waals surface area contributed by atoms with E-state index in [1.54, 1.807) is 46.7 Å². The second kappa shape index (κ2) is 26.9. The fourth-order valence-electron chi connectivity index (χ4n) is 14.7. The van der Waals surface area contributed by atoms with Gasteiger partial charge in [0, 0.05) is 81.1 Å². The molecule has 490 valence electrons. The summed E-state index contributed by atoms with van der Waals surface area (Å²) in [7, 11) is 0. The molecule has 0 spiro atoms. The van der Waals surface area contributed by atoms with Crippen LogP contribution in [0.25, 0.3) is 43.4 Å². The average Bonchev–Trinajstić information content (AvgIpc) is 1.71. The zero-order valence-corrected chi connectivity index (χ0v) is 55.0. The summed E-state index contributed by atoms with van der Waals surface area (Å²) in [4.78, 5) is 83.0. The van der Waals surface area contributed by atoms with E-state index in [1.807, 2.05) is 82.0 Å². The van der Waals surface area contributed by atoms with E-state index in [1.165, 1.54) is 16.5 Å². The number of aryl methyl sites for hydroxylation is 1. The Kier molecular flexibility index (Phi) is 18.7. The summed E-state index contributed by atoms with van der Waals surface area (Å²) in [5.41, 5.74) is 4.44. The molecule has 23 heteroatoms. The molecule has 6 aliphatic heterocycles. The van der Waals surface area contributed by atoms with E-state index in [4.69, 9.17) is 35.1 Å². The van der Waals surface area contributed by atoms with E-state index in [9.17, 15) is 19.2 Å². The number of benzene rings is 3. The molecule has 7 unspecified atom stereocenters. The van der Waals surface area contributed by atoms with Crippen molar-refractivity contribution in [1.29, 1.82) is 0 Å². The molecule has 0 aliphatic carbocycles. The van der Waals surface area contributed by atoms with Gasteiger partial charge in [-0.2, -0.15) is 9.97 Å². The monoisotopic (exact) mass is 1290 g/mol. The van der Waals surface area contributed by atoms with Crippen LogP contribution < -0.4 is 19.9 Å². The van der Waals surface area contributed by atoms with Crippen molar-refractivity contribution in [2.75, 3.05) is 75.4 Å². The Morgan fingerprint density at radius 1 is 0.903 bits per heavy atom. The molecule has 0 radical (unpaired) electrons. The lowest BCUT2D eigenvalue weighted by molar-refractivity contribution is -0.135. The maximum Gasteiger partial charge on any atom is 0.410 e. The average molecular weight is 1290 g/mol. The molecule has 20 nitrogen and oxygen atoms in total. The first-order valence-electron chi connectivity index (χ1n) is 32.6. The maximum absolute atomic E-state index is 17.4. The Balaban J connectivity index is 0.000000424. The second-order valence-electron chi connectivity index (χ2n) is 26.9. The van der Waals surface area contributed by atoms with Gasteiger partial charge in [0.1, 0.15) is 47.6 Å². The highest BCUT2D eigenvalue weighted by molar-refractivity contribution is 7.13. The molecule has 1 N–H and O–H groups in total. The summed E-state index contributed by atoms with van der Waals surface area (Å²) < 4.78 is 56.9. The normalized spacial score (nSPS) is 22.0. The Morgan fingerprint density at radius 3 is 2.34 bits per heavy atom. The van der Waals surface area contributed by atoms with Crippen molar-refractivity contribution in [2.45, 2.75) is 154 Å². The third-order valence-electron chi connectivity index (χ3n) is 19.5. The van der Waals surface area contributed by atoms with E-state index in [2.05, 4.69) is 60.1 Å². The largest absolute Gasteiger partial charge is 0.461 e. The minimum atomic E-state index is -0.728. The van der Waals surface area contributed by atoms with Crippen LogP contribution in [0.5, 0.6) is 6.01 Å². The number of nitrogens with one attached hydrogen (secondary N) is 1. The quantitative estimate of drug-likeness (QED) is 0.0748. The van der Waals surface area contributed by atoms with Crippen LogP contribution in [0, 0.1) is 36.8 Å². The predicted octanol–water partition coefficient (Wildman–Crippen LogP) is 11.7. The number of fused-ring (bicyclic) bond motifs is 5. The number of rotatable bonds is 15. The molecule has 4 amide bonds. The van der Waals surface area contributed by atoms with Crippen molar-refractivity contribution >= 4 is 69.2 Å². The number of likely N-dealkylation sites (tertiary alicyclic amines) is 1. The SMILES string of the molecule is C#Cc1c(F)ccc2cccc(-c3ncc4c(N5CC6CCC(C5)N6C(=O)OC(C)(C)C)nc(OCC56CCCN5C(COC(=O)N5CCN(c7cc(C(C(=O)N8CCCC8C)C(C)C)on7)CC5)CC6)nc4c3F)c12.Cc1ncsc1-c1ccc(C(C)NC=O)cc1. The van der Waals surface area contributed by atoms with E-state index in [-0.39, 0.29) is 95.8 Å². The number of nitrogens with zero attached hydrogens (tertiary/aromatic N) is 11. The molecule has 7 atom stereocenters. The van der Waals surface area contributed by atoms with Crippen LogP contribution in [0.2, 0.25) is 0 Å². The van der Waals surface area contributed by atoms with Crippen LogP contribution in [-0.2, 0) is 19.1 Å². The van der Waals surface area contributed by atoms with Gasteiger partial charge >= 0.3 is 18.2 Å². The number of terminal acetylenes is 1. The van der Waals surface area contributed by atoms with Crippen LogP contribution in [0.4, 0.5) is 30.0 Å². The highest BCUT2D eigenvalue weighted by atomic mass is 32.1. The number of thiazole rings is 1. The first kappa shape index (κ1) is 64.6. The second-order valence-corrected chi connectivity index (χ2v) is 27.8. The van der Waals surface area contributed by atoms with Gasteiger partial charge in [0.15, 0.2) is 17.4 Å². The molecular weight excluding hydrogens is 1210 g/mol. The fourth-order valence-corrected chi connectivity index (χ4v) is 15.5. The van der Waals surface area contributed by atoms with Gasteiger partial charge in [0.25, 0.3) is 0 Å². The third-order valence-corrected chi connectivity index (χ3v) is 20.5. The zero-order chi connectivity index (χ0) is 65.5. The summed E-state index contributed by atoms with van der Waals surface area (Å²) in [6, 6.07) is 18.1. The van der Waals surface area contributed by atoms with Crippen molar-refractivity contribution in [3.05, 3.63) is 107 Å². The number of carbonyl (C=O) groups excluding carboxylic acids is 4. The van der Waals surface area contributed by atoms with Crippen LogP contribution in [-0.4, -0.2) is 170 Å². The molecule has 10 heterocycles. The molecule has 2 bridgehead atoms. The molecular formula is C70H82F2N12O8S. The predicted molar refractivity (Wildman–Crippen MR) is 352 cm³/mol. The molecule has 6 saturated heterocycles. The molecule has 3 aromatic carbocycles. The molecule has 93 heavy (non-hydrogen) atoms. The number of amides is 4. The molecule has 6 fully saturated rings. The Bertz CT molecular complexity index is 3940. The number of anilines is 2. The van der Waals surface area contributed by atoms with Crippen molar-refractivity contribution in [3.8, 4) is 40.1 Å². The number of hydrogen-bond acceptors (Lipinski definition) is 17. The number of aromatic nitrogens is 5. The van der Waals surface area contributed by atoms with Crippen LogP contribution in [0.15, 0.2) is 76.9 Å². The van der Waals surface area contributed by atoms with Crippen LogP contribution in [0.3, 0.4) is 0 Å². The van der Waals surface area contributed by atoms with Gasteiger partial charge in [-0.25, -0.2) is 23.4 Å². The fraction of sp³-hybridized carbons (Fsp3) is 0.500. The van der Waals surface area contributed by atoms with Gasteiger partial charge in [-0.05, 0) is 128 Å². The van der Waals surface area contributed by atoms with Crippen molar-refractivity contribution in [2.24, 2.45) is 5.92 Å². The summed E-state index contributed by atoms with van der Waals surface area (Å²) in [6.45, 7) is 20.5. The van der Waals surface area contributed by atoms with Gasteiger partial charge in [0.05, 0.1) is 50.7 Å². The number of carbonyl (C=O) groups is 4. The Hall–Kier alpha value is -8.49. The molecule has 6 aliphatic rings. The van der Waals surface area contributed by atoms with Crippen molar-refractivity contribution < 1.29 is 46.7 Å². The van der Waals surface area contributed by atoms with E-state index in [0.29, 0.717) is 78.4 Å². The third kappa shape index (κ3) is 13.1. The maximum atomic E-state index is 17.4.